The fourth-order valence-corrected chi connectivity index (χ4v) is 5.57. The fourth-order valence-electron chi connectivity index (χ4n) is 3.50. The number of benzene rings is 3. The van der Waals surface area contributed by atoms with Crippen molar-refractivity contribution in [2.75, 3.05) is 11.5 Å². The van der Waals surface area contributed by atoms with Gasteiger partial charge in [-0.25, -0.2) is 13.8 Å². The summed E-state index contributed by atoms with van der Waals surface area (Å²) in [6, 6.07) is 15.5. The molecule has 1 fully saturated rings. The molecule has 4 rings (SSSR count). The molecule has 27 heavy (non-hydrogen) atoms. The number of sulfone groups is 1. The third kappa shape index (κ3) is 3.42. The molecule has 3 aromatic rings. The van der Waals surface area contributed by atoms with Crippen LogP contribution in [0.25, 0.3) is 21.5 Å². The first kappa shape index (κ1) is 17.9. The number of hydrazone groups is 1. The largest absolute Gasteiger partial charge is 0.273 e. The van der Waals surface area contributed by atoms with Gasteiger partial charge in [0.2, 0.25) is 5.91 Å². The van der Waals surface area contributed by atoms with Gasteiger partial charge in [-0.15, -0.1) is 0 Å². The van der Waals surface area contributed by atoms with E-state index in [-0.39, 0.29) is 17.4 Å². The maximum atomic E-state index is 12.2. The van der Waals surface area contributed by atoms with Crippen LogP contribution in [0, 0.1) is 5.92 Å². The minimum Gasteiger partial charge on any atom is -0.273 e. The molecule has 7 heteroatoms. The van der Waals surface area contributed by atoms with Crippen LogP contribution in [0.3, 0.4) is 0 Å². The molecular weight excluding hydrogens is 384 g/mol. The van der Waals surface area contributed by atoms with Crippen molar-refractivity contribution in [1.82, 2.24) is 5.43 Å². The Labute approximate surface area is 161 Å². The van der Waals surface area contributed by atoms with Crippen LogP contribution < -0.4 is 5.43 Å². The molecule has 1 amide bonds. The van der Waals surface area contributed by atoms with E-state index >= 15 is 0 Å². The number of amides is 1. The molecule has 1 saturated heterocycles. The van der Waals surface area contributed by atoms with Crippen LogP contribution in [0.5, 0.6) is 0 Å². The van der Waals surface area contributed by atoms with Gasteiger partial charge in [-0.3, -0.25) is 4.79 Å². The number of carbonyl (C=O) groups is 1. The average Bonchev–Trinajstić information content (AvgIpc) is 3.04. The number of rotatable bonds is 3. The third-order valence-corrected chi connectivity index (χ3v) is 7.05. The van der Waals surface area contributed by atoms with E-state index < -0.39 is 15.8 Å². The van der Waals surface area contributed by atoms with Crippen LogP contribution in [0.2, 0.25) is 5.02 Å². The summed E-state index contributed by atoms with van der Waals surface area (Å²) < 4.78 is 23.1. The van der Waals surface area contributed by atoms with Gasteiger partial charge in [0, 0.05) is 16.3 Å². The zero-order valence-corrected chi connectivity index (χ0v) is 15.9. The van der Waals surface area contributed by atoms with Crippen molar-refractivity contribution in [3.8, 4) is 0 Å². The van der Waals surface area contributed by atoms with Gasteiger partial charge < -0.3 is 0 Å². The third-order valence-electron chi connectivity index (χ3n) is 4.88. The highest BCUT2D eigenvalue weighted by molar-refractivity contribution is 7.91. The van der Waals surface area contributed by atoms with Crippen molar-refractivity contribution < 1.29 is 13.2 Å². The summed E-state index contributed by atoms with van der Waals surface area (Å²) in [5.74, 6) is -0.955. The molecule has 5 nitrogen and oxygen atoms in total. The molecule has 0 unspecified atom stereocenters. The predicted molar refractivity (Wildman–Crippen MR) is 109 cm³/mol. The number of nitrogens with one attached hydrogen (secondary N) is 1. The first-order chi connectivity index (χ1) is 13.0. The summed E-state index contributed by atoms with van der Waals surface area (Å²) >= 11 is 6.57. The van der Waals surface area contributed by atoms with Gasteiger partial charge in [0.1, 0.15) is 0 Å². The fraction of sp³-hybridized carbons (Fsp3) is 0.200. The Bertz CT molecular complexity index is 1130. The van der Waals surface area contributed by atoms with Crippen molar-refractivity contribution >= 4 is 55.1 Å². The van der Waals surface area contributed by atoms with Gasteiger partial charge in [-0.1, -0.05) is 60.1 Å². The van der Waals surface area contributed by atoms with Crippen LogP contribution in [0.1, 0.15) is 12.0 Å². The van der Waals surface area contributed by atoms with Crippen molar-refractivity contribution in [2.45, 2.75) is 6.42 Å². The first-order valence-corrected chi connectivity index (χ1v) is 10.8. The van der Waals surface area contributed by atoms with Crippen LogP contribution in [-0.2, 0) is 14.6 Å². The number of nitrogens with zero attached hydrogens (tertiary/aromatic N) is 1. The zero-order valence-electron chi connectivity index (χ0n) is 14.4. The highest BCUT2D eigenvalue weighted by atomic mass is 35.5. The quantitative estimate of drug-likeness (QED) is 0.415. The van der Waals surface area contributed by atoms with Gasteiger partial charge in [0.25, 0.3) is 0 Å². The number of carbonyl (C=O) groups excluding carboxylic acids is 1. The summed E-state index contributed by atoms with van der Waals surface area (Å²) in [6.45, 7) is 0. The van der Waals surface area contributed by atoms with Crippen LogP contribution in [0.15, 0.2) is 53.6 Å². The van der Waals surface area contributed by atoms with E-state index in [1.165, 1.54) is 0 Å². The molecular formula is C20H17ClN2O3S. The van der Waals surface area contributed by atoms with Gasteiger partial charge in [0.15, 0.2) is 9.84 Å². The molecule has 1 N–H and O–H groups in total. The average molecular weight is 401 g/mol. The lowest BCUT2D eigenvalue weighted by atomic mass is 9.97. The Morgan fingerprint density at radius 2 is 1.59 bits per heavy atom. The molecule has 1 atom stereocenters. The molecule has 0 aromatic heterocycles. The summed E-state index contributed by atoms with van der Waals surface area (Å²) in [7, 11) is -3.11. The highest BCUT2D eigenvalue weighted by Crippen LogP contribution is 2.35. The maximum absolute atomic E-state index is 12.2. The lowest BCUT2D eigenvalue weighted by Crippen LogP contribution is -2.27. The molecule has 0 saturated carbocycles. The van der Waals surface area contributed by atoms with Gasteiger partial charge >= 0.3 is 0 Å². The Kier molecular flexibility index (Phi) is 4.61. The second kappa shape index (κ2) is 6.94. The van der Waals surface area contributed by atoms with E-state index in [0.29, 0.717) is 11.4 Å². The van der Waals surface area contributed by atoms with Gasteiger partial charge in [-0.05, 0) is 17.2 Å². The first-order valence-electron chi connectivity index (χ1n) is 8.58. The number of halogens is 1. The summed E-state index contributed by atoms with van der Waals surface area (Å²) in [5.41, 5.74) is 3.34. The molecule has 1 aliphatic heterocycles. The van der Waals surface area contributed by atoms with Gasteiger partial charge in [0.05, 0.1) is 28.7 Å². The lowest BCUT2D eigenvalue weighted by Gasteiger charge is -2.11. The van der Waals surface area contributed by atoms with Crippen molar-refractivity contribution in [2.24, 2.45) is 11.0 Å². The minimum absolute atomic E-state index is 0.0568. The van der Waals surface area contributed by atoms with E-state index in [4.69, 9.17) is 11.6 Å². The Morgan fingerprint density at radius 1 is 1.04 bits per heavy atom. The molecule has 138 valence electrons. The summed E-state index contributed by atoms with van der Waals surface area (Å²) in [5, 5.41) is 8.47. The Morgan fingerprint density at radius 3 is 2.11 bits per heavy atom. The highest BCUT2D eigenvalue weighted by Gasteiger charge is 2.32. The molecule has 0 bridgehead atoms. The second-order valence-corrected chi connectivity index (χ2v) is 9.26. The molecule has 0 radical (unpaired) electrons. The molecule has 1 heterocycles. The van der Waals surface area contributed by atoms with E-state index in [1.54, 1.807) is 6.21 Å². The topological polar surface area (TPSA) is 75.6 Å². The predicted octanol–water partition coefficient (Wildman–Crippen LogP) is 3.53. The standard InChI is InChI=1S/C20H17ClN2O3S/c21-19-16-7-3-1-5-14(16)18(15-6-2-4-8-17(15)19)11-22-23-20(24)13-9-10-27(25,26)12-13/h1-8,11,13H,9-10,12H2,(H,23,24)/b22-11-/t13-/m1/s1. The Hall–Kier alpha value is -2.44. The molecule has 0 aliphatic carbocycles. The van der Waals surface area contributed by atoms with Crippen LogP contribution in [0.4, 0.5) is 0 Å². The summed E-state index contributed by atoms with van der Waals surface area (Å²) in [4.78, 5) is 12.2. The second-order valence-electron chi connectivity index (χ2n) is 6.65. The Balaban J connectivity index is 1.70. The zero-order chi connectivity index (χ0) is 19.0. The summed E-state index contributed by atoms with van der Waals surface area (Å²) in [6.07, 6.45) is 1.94. The monoisotopic (exact) mass is 400 g/mol. The minimum atomic E-state index is -3.11. The van der Waals surface area contributed by atoms with Crippen LogP contribution >= 0.6 is 11.6 Å². The van der Waals surface area contributed by atoms with Crippen molar-refractivity contribution in [3.63, 3.8) is 0 Å². The number of fused-ring (bicyclic) bond motifs is 2. The smallest absolute Gasteiger partial charge is 0.244 e. The van der Waals surface area contributed by atoms with E-state index in [0.717, 1.165) is 27.1 Å². The molecule has 1 aliphatic rings. The SMILES string of the molecule is O=C(N/N=C\c1c2ccccc2c(Cl)c2ccccc12)[C@@H]1CCS(=O)(=O)C1. The maximum Gasteiger partial charge on any atom is 0.244 e. The lowest BCUT2D eigenvalue weighted by molar-refractivity contribution is -0.124. The molecule has 3 aromatic carbocycles. The number of hydrogen-bond acceptors (Lipinski definition) is 4. The molecule has 0 spiro atoms. The van der Waals surface area contributed by atoms with E-state index in [9.17, 15) is 13.2 Å². The van der Waals surface area contributed by atoms with Crippen molar-refractivity contribution in [1.29, 1.82) is 0 Å². The van der Waals surface area contributed by atoms with E-state index in [1.807, 2.05) is 48.5 Å². The normalized spacial score (nSPS) is 19.1. The van der Waals surface area contributed by atoms with Gasteiger partial charge in [-0.2, -0.15) is 5.10 Å². The van der Waals surface area contributed by atoms with Crippen molar-refractivity contribution in [3.05, 3.63) is 59.1 Å². The van der Waals surface area contributed by atoms with Crippen LogP contribution in [-0.4, -0.2) is 32.0 Å². The number of hydrogen-bond donors (Lipinski definition) is 1. The van der Waals surface area contributed by atoms with E-state index in [2.05, 4.69) is 10.5 Å².